The highest BCUT2D eigenvalue weighted by molar-refractivity contribution is 7.18. The van der Waals surface area contributed by atoms with Crippen LogP contribution in [0, 0.1) is 11.3 Å². The van der Waals surface area contributed by atoms with Gasteiger partial charge in [-0.2, -0.15) is 5.26 Å². The third-order valence-electron chi connectivity index (χ3n) is 2.62. The molecule has 3 N–H and O–H groups in total. The number of nitrogens with zero attached hydrogens (tertiary/aromatic N) is 2. The molecule has 0 saturated carbocycles. The maximum absolute atomic E-state index is 11.2. The number of nitriles is 1. The van der Waals surface area contributed by atoms with Gasteiger partial charge in [-0.1, -0.05) is 0 Å². The second-order valence-corrected chi connectivity index (χ2v) is 4.98. The number of carboxylic acid groups (broad SMARTS) is 3. The number of hydrogen-bond acceptors (Lipinski definition) is 6. The van der Waals surface area contributed by atoms with Gasteiger partial charge in [0.2, 0.25) is 0 Å². The van der Waals surface area contributed by atoms with Crippen molar-refractivity contribution in [1.29, 1.82) is 5.26 Å². The van der Waals surface area contributed by atoms with Gasteiger partial charge in [0.05, 0.1) is 12.0 Å². The molecule has 0 spiro atoms. The van der Waals surface area contributed by atoms with Gasteiger partial charge in [-0.15, -0.1) is 11.3 Å². The van der Waals surface area contributed by atoms with Crippen molar-refractivity contribution in [3.8, 4) is 6.07 Å². The van der Waals surface area contributed by atoms with Crippen LogP contribution in [-0.2, 0) is 16.0 Å². The Morgan fingerprint density at radius 3 is 2.24 bits per heavy atom. The molecule has 1 aromatic heterocycles. The molecule has 0 aliphatic carbocycles. The van der Waals surface area contributed by atoms with E-state index in [1.807, 2.05) is 0 Å². The fraction of sp³-hybridized carbons (Fsp3) is 0.333. The fourth-order valence-electron chi connectivity index (χ4n) is 1.77. The van der Waals surface area contributed by atoms with Gasteiger partial charge < -0.3 is 20.2 Å². The van der Waals surface area contributed by atoms with Crippen molar-refractivity contribution in [2.24, 2.45) is 0 Å². The molecule has 1 aromatic rings. The molecule has 21 heavy (non-hydrogen) atoms. The number of rotatable bonds is 7. The third kappa shape index (κ3) is 3.70. The smallest absolute Gasteiger partial charge is 0.346 e. The highest BCUT2D eigenvalue weighted by atomic mass is 32.1. The first kappa shape index (κ1) is 16.5. The predicted molar refractivity (Wildman–Crippen MR) is 72.9 cm³/mol. The highest BCUT2D eigenvalue weighted by Gasteiger charge is 2.27. The first-order valence-electron chi connectivity index (χ1n) is 5.79. The minimum atomic E-state index is -1.34. The Bertz CT molecular complexity index is 630. The molecule has 0 aliphatic rings. The van der Waals surface area contributed by atoms with Crippen LogP contribution < -0.4 is 4.90 Å². The van der Waals surface area contributed by atoms with Crippen LogP contribution in [0.4, 0.5) is 5.00 Å². The van der Waals surface area contributed by atoms with Crippen molar-refractivity contribution < 1.29 is 29.7 Å². The van der Waals surface area contributed by atoms with Crippen LogP contribution >= 0.6 is 11.3 Å². The maximum Gasteiger partial charge on any atom is 0.346 e. The standard InChI is InChI=1S/C12H12N2O6S/c1-2-14(5-9(17)18)11-7(4-13)6(3-8(15)16)10(21-11)12(19)20/h2-3,5H2,1H3,(H,15,16)(H,17,18)(H,19,20). The molecular weight excluding hydrogens is 300 g/mol. The lowest BCUT2D eigenvalue weighted by molar-refractivity contribution is -0.136. The van der Waals surface area contributed by atoms with Crippen LogP contribution in [-0.4, -0.2) is 46.3 Å². The van der Waals surface area contributed by atoms with Crippen LogP contribution in [0.3, 0.4) is 0 Å². The van der Waals surface area contributed by atoms with E-state index < -0.39 is 30.9 Å². The van der Waals surface area contributed by atoms with Gasteiger partial charge in [-0.05, 0) is 6.92 Å². The van der Waals surface area contributed by atoms with Crippen molar-refractivity contribution in [3.05, 3.63) is 16.0 Å². The van der Waals surface area contributed by atoms with Crippen molar-refractivity contribution in [3.63, 3.8) is 0 Å². The number of hydrogen-bond donors (Lipinski definition) is 3. The van der Waals surface area contributed by atoms with E-state index in [1.54, 1.807) is 13.0 Å². The van der Waals surface area contributed by atoms with Crippen molar-refractivity contribution >= 4 is 34.2 Å². The number of aliphatic carboxylic acids is 2. The van der Waals surface area contributed by atoms with Gasteiger partial charge in [0.15, 0.2) is 0 Å². The Labute approximate surface area is 123 Å². The summed E-state index contributed by atoms with van der Waals surface area (Å²) in [6.45, 7) is 1.49. The third-order valence-corrected chi connectivity index (χ3v) is 3.90. The van der Waals surface area contributed by atoms with Crippen molar-refractivity contribution in [2.75, 3.05) is 18.0 Å². The highest BCUT2D eigenvalue weighted by Crippen LogP contribution is 2.36. The first-order valence-corrected chi connectivity index (χ1v) is 6.61. The summed E-state index contributed by atoms with van der Waals surface area (Å²) in [5.41, 5.74) is -0.191. The Morgan fingerprint density at radius 2 is 1.86 bits per heavy atom. The molecule has 0 aromatic carbocycles. The van der Waals surface area contributed by atoms with Crippen LogP contribution in [0.15, 0.2) is 0 Å². The Balaban J connectivity index is 3.45. The lowest BCUT2D eigenvalue weighted by Gasteiger charge is -2.19. The Morgan fingerprint density at radius 1 is 1.24 bits per heavy atom. The van der Waals surface area contributed by atoms with Crippen molar-refractivity contribution in [2.45, 2.75) is 13.3 Å². The van der Waals surface area contributed by atoms with E-state index >= 15 is 0 Å². The molecule has 0 fully saturated rings. The van der Waals surface area contributed by atoms with Crippen molar-refractivity contribution in [1.82, 2.24) is 0 Å². The molecule has 1 rings (SSSR count). The summed E-state index contributed by atoms with van der Waals surface area (Å²) in [7, 11) is 0. The van der Waals surface area contributed by atoms with Gasteiger partial charge in [-0.3, -0.25) is 9.59 Å². The zero-order chi connectivity index (χ0) is 16.2. The second kappa shape index (κ2) is 6.71. The average Bonchev–Trinajstić information content (AvgIpc) is 2.73. The number of anilines is 1. The lowest BCUT2D eigenvalue weighted by atomic mass is 10.1. The Hall–Kier alpha value is -2.60. The molecule has 0 radical (unpaired) electrons. The minimum Gasteiger partial charge on any atom is -0.481 e. The predicted octanol–water partition coefficient (Wildman–Crippen LogP) is 0.856. The first-order chi connectivity index (χ1) is 9.81. The molecule has 9 heteroatoms. The molecule has 1 heterocycles. The monoisotopic (exact) mass is 312 g/mol. The number of carbonyl (C=O) groups is 3. The average molecular weight is 312 g/mol. The quantitative estimate of drug-likeness (QED) is 0.673. The van der Waals surface area contributed by atoms with Gasteiger partial charge in [0.25, 0.3) is 0 Å². The maximum atomic E-state index is 11.2. The van der Waals surface area contributed by atoms with Crippen LogP contribution in [0.2, 0.25) is 0 Å². The Kier molecular flexibility index (Phi) is 5.26. The van der Waals surface area contributed by atoms with Gasteiger partial charge >= 0.3 is 17.9 Å². The number of aromatic carboxylic acids is 1. The largest absolute Gasteiger partial charge is 0.481 e. The van der Waals surface area contributed by atoms with E-state index in [0.29, 0.717) is 11.3 Å². The molecule has 0 saturated heterocycles. The molecule has 0 atom stereocenters. The summed E-state index contributed by atoms with van der Waals surface area (Å²) in [6, 6.07) is 1.78. The van der Waals surface area contributed by atoms with E-state index in [9.17, 15) is 19.6 Å². The summed E-state index contributed by atoms with van der Waals surface area (Å²) >= 11 is 0.713. The fourth-order valence-corrected chi connectivity index (χ4v) is 2.94. The molecule has 8 nitrogen and oxygen atoms in total. The van der Waals surface area contributed by atoms with Gasteiger partial charge in [0, 0.05) is 12.1 Å². The molecule has 0 aliphatic heterocycles. The summed E-state index contributed by atoms with van der Waals surface area (Å²) in [4.78, 5) is 33.9. The summed E-state index contributed by atoms with van der Waals surface area (Å²) in [5, 5.41) is 36.1. The zero-order valence-corrected chi connectivity index (χ0v) is 11.8. The van der Waals surface area contributed by atoms with E-state index in [-0.39, 0.29) is 27.5 Å². The van der Waals surface area contributed by atoms with Gasteiger partial charge in [-0.25, -0.2) is 4.79 Å². The van der Waals surface area contributed by atoms with Crippen LogP contribution in [0.25, 0.3) is 0 Å². The number of thiophene rings is 1. The summed E-state index contributed by atoms with van der Waals surface area (Å²) in [6.07, 6.45) is -0.606. The molecule has 0 bridgehead atoms. The van der Waals surface area contributed by atoms with Crippen LogP contribution in [0.5, 0.6) is 0 Å². The van der Waals surface area contributed by atoms with E-state index in [0.717, 1.165) is 0 Å². The molecule has 112 valence electrons. The second-order valence-electron chi connectivity index (χ2n) is 3.99. The van der Waals surface area contributed by atoms with Crippen LogP contribution in [0.1, 0.15) is 27.7 Å². The normalized spacial score (nSPS) is 9.90. The topological polar surface area (TPSA) is 139 Å². The SMILES string of the molecule is CCN(CC(=O)O)c1sc(C(=O)O)c(CC(=O)O)c1C#N. The summed E-state index contributed by atoms with van der Waals surface area (Å²) in [5.74, 6) is -3.74. The molecule has 0 amide bonds. The lowest BCUT2D eigenvalue weighted by Crippen LogP contribution is -2.29. The minimum absolute atomic E-state index is 0.0945. The molecular formula is C12H12N2O6S. The zero-order valence-electron chi connectivity index (χ0n) is 11.0. The van der Waals surface area contributed by atoms with Gasteiger partial charge in [0.1, 0.15) is 22.5 Å². The summed E-state index contributed by atoms with van der Waals surface area (Å²) < 4.78 is 0. The number of likely N-dealkylation sites (N-methyl/N-ethyl adjacent to an activating group) is 1. The number of carboxylic acids is 3. The van der Waals surface area contributed by atoms with E-state index in [4.69, 9.17) is 15.3 Å². The van der Waals surface area contributed by atoms with E-state index in [1.165, 1.54) is 4.90 Å². The molecule has 0 unspecified atom stereocenters. The van der Waals surface area contributed by atoms with E-state index in [2.05, 4.69) is 0 Å².